The third kappa shape index (κ3) is 6.93. The Kier molecular flexibility index (Phi) is 8.51. The highest BCUT2D eigenvalue weighted by molar-refractivity contribution is 14.0. The Bertz CT molecular complexity index is 636. The van der Waals surface area contributed by atoms with Gasteiger partial charge in [0.2, 0.25) is 0 Å². The molecule has 1 aromatic rings. The zero-order valence-electron chi connectivity index (χ0n) is 15.6. The Morgan fingerprint density at radius 1 is 1.50 bits per heavy atom. The Morgan fingerprint density at radius 3 is 2.85 bits per heavy atom. The number of amides is 1. The number of carbonyl (C=O) groups excluding carboxylic acids is 1. The molecule has 9 heteroatoms. The largest absolute Gasteiger partial charge is 0.444 e. The maximum Gasteiger partial charge on any atom is 0.407 e. The number of likely N-dealkylation sites (tertiary alicyclic amines) is 1. The number of rotatable bonds is 3. The molecular weight excluding hydrogens is 452 g/mol. The number of aliphatic imine (C=N–C) groups is 1. The third-order valence-corrected chi connectivity index (χ3v) is 3.67. The van der Waals surface area contributed by atoms with Gasteiger partial charge >= 0.3 is 6.09 Å². The van der Waals surface area contributed by atoms with Gasteiger partial charge in [0.15, 0.2) is 5.96 Å². The molecule has 1 aromatic heterocycles. The molecule has 2 heterocycles. The molecule has 1 aliphatic heterocycles. The van der Waals surface area contributed by atoms with E-state index in [1.54, 1.807) is 19.3 Å². The van der Waals surface area contributed by atoms with E-state index < -0.39 is 11.7 Å². The van der Waals surface area contributed by atoms with Gasteiger partial charge in [-0.05, 0) is 39.3 Å². The number of carbonyl (C=O) groups is 1. The Hall–Kier alpha value is -1.65. The van der Waals surface area contributed by atoms with Crippen LogP contribution in [0.1, 0.15) is 32.9 Å². The second kappa shape index (κ2) is 9.89. The van der Waals surface area contributed by atoms with Crippen molar-refractivity contribution >= 4 is 36.0 Å². The lowest BCUT2D eigenvalue weighted by Gasteiger charge is -2.23. The molecule has 1 atom stereocenters. The lowest BCUT2D eigenvalue weighted by Crippen LogP contribution is -2.44. The maximum atomic E-state index is 13.6. The van der Waals surface area contributed by atoms with Gasteiger partial charge in [-0.2, -0.15) is 0 Å². The first-order chi connectivity index (χ1) is 11.8. The molecule has 146 valence electrons. The van der Waals surface area contributed by atoms with Crippen molar-refractivity contribution in [1.82, 2.24) is 20.5 Å². The molecule has 1 amide bonds. The summed E-state index contributed by atoms with van der Waals surface area (Å²) in [7, 11) is 1.67. The average Bonchev–Trinajstić information content (AvgIpc) is 2.96. The predicted octanol–water partition coefficient (Wildman–Crippen LogP) is 2.51. The third-order valence-electron chi connectivity index (χ3n) is 3.67. The summed E-state index contributed by atoms with van der Waals surface area (Å²) in [5.74, 6) is 0.301. The van der Waals surface area contributed by atoms with Crippen molar-refractivity contribution in [2.24, 2.45) is 4.99 Å². The number of alkyl carbamates (subject to hydrolysis) is 1. The fourth-order valence-corrected chi connectivity index (χ4v) is 2.59. The standard InChI is InChI=1S/C17H26FN5O2.HI/c1-17(2,3)25-16(24)22-12-7-9-23(11-12)15(19-4)21-10-14-13(18)6-5-8-20-14;/h5-6,8,12H,7,9-11H2,1-4H3,(H,19,21)(H,22,24);1H/t12-;/m1./s1. The molecule has 0 spiro atoms. The van der Waals surface area contributed by atoms with Crippen molar-refractivity contribution < 1.29 is 13.9 Å². The second-order valence-electron chi connectivity index (χ2n) is 6.91. The van der Waals surface area contributed by atoms with E-state index in [1.165, 1.54) is 6.07 Å². The smallest absolute Gasteiger partial charge is 0.407 e. The fraction of sp³-hybridized carbons (Fsp3) is 0.588. The van der Waals surface area contributed by atoms with Gasteiger partial charge in [0.25, 0.3) is 0 Å². The first-order valence-electron chi connectivity index (χ1n) is 8.33. The van der Waals surface area contributed by atoms with E-state index in [2.05, 4.69) is 20.6 Å². The maximum absolute atomic E-state index is 13.6. The van der Waals surface area contributed by atoms with Crippen molar-refractivity contribution in [2.45, 2.75) is 45.4 Å². The monoisotopic (exact) mass is 479 g/mol. The average molecular weight is 479 g/mol. The second-order valence-corrected chi connectivity index (χ2v) is 6.91. The highest BCUT2D eigenvalue weighted by Crippen LogP contribution is 2.12. The van der Waals surface area contributed by atoms with E-state index in [9.17, 15) is 9.18 Å². The topological polar surface area (TPSA) is 78.9 Å². The van der Waals surface area contributed by atoms with E-state index in [-0.39, 0.29) is 42.4 Å². The summed E-state index contributed by atoms with van der Waals surface area (Å²) in [5.41, 5.74) is -0.182. The van der Waals surface area contributed by atoms with Crippen LogP contribution in [0.25, 0.3) is 0 Å². The van der Waals surface area contributed by atoms with Gasteiger partial charge in [-0.1, -0.05) is 0 Å². The van der Waals surface area contributed by atoms with Crippen LogP contribution in [0.2, 0.25) is 0 Å². The summed E-state index contributed by atoms with van der Waals surface area (Å²) in [5, 5.41) is 5.98. The van der Waals surface area contributed by atoms with Crippen LogP contribution in [-0.2, 0) is 11.3 Å². The van der Waals surface area contributed by atoms with Crippen LogP contribution < -0.4 is 10.6 Å². The number of ether oxygens (including phenoxy) is 1. The Morgan fingerprint density at radius 2 is 2.23 bits per heavy atom. The summed E-state index contributed by atoms with van der Waals surface area (Å²) in [6.45, 7) is 7.09. The molecule has 1 saturated heterocycles. The van der Waals surface area contributed by atoms with Crippen molar-refractivity contribution in [1.29, 1.82) is 0 Å². The van der Waals surface area contributed by atoms with Gasteiger partial charge < -0.3 is 20.3 Å². The quantitative estimate of drug-likeness (QED) is 0.396. The van der Waals surface area contributed by atoms with E-state index in [4.69, 9.17) is 4.74 Å². The van der Waals surface area contributed by atoms with Gasteiger partial charge in [-0.25, -0.2) is 9.18 Å². The van der Waals surface area contributed by atoms with Crippen molar-refractivity contribution in [3.8, 4) is 0 Å². The molecule has 1 aliphatic rings. The highest BCUT2D eigenvalue weighted by Gasteiger charge is 2.27. The van der Waals surface area contributed by atoms with Crippen LogP contribution in [0, 0.1) is 5.82 Å². The summed E-state index contributed by atoms with van der Waals surface area (Å²) >= 11 is 0. The Balaban J connectivity index is 0.00000338. The first-order valence-corrected chi connectivity index (χ1v) is 8.33. The number of hydrogen-bond donors (Lipinski definition) is 2. The molecule has 2 N–H and O–H groups in total. The first kappa shape index (κ1) is 22.4. The number of aromatic nitrogens is 1. The van der Waals surface area contributed by atoms with Crippen LogP contribution in [-0.4, -0.2) is 53.7 Å². The lowest BCUT2D eigenvalue weighted by molar-refractivity contribution is 0.0507. The summed E-state index contributed by atoms with van der Waals surface area (Å²) < 4.78 is 18.9. The van der Waals surface area contributed by atoms with Crippen LogP contribution in [0.15, 0.2) is 23.3 Å². The molecule has 0 aliphatic carbocycles. The number of guanidine groups is 1. The SMILES string of the molecule is CN=C(NCc1ncccc1F)N1CC[C@@H](NC(=O)OC(C)(C)C)C1.I. The van der Waals surface area contributed by atoms with Gasteiger partial charge in [0, 0.05) is 26.3 Å². The highest BCUT2D eigenvalue weighted by atomic mass is 127. The van der Waals surface area contributed by atoms with Gasteiger partial charge in [-0.15, -0.1) is 24.0 Å². The van der Waals surface area contributed by atoms with E-state index in [1.807, 2.05) is 25.7 Å². The Labute approximate surface area is 170 Å². The zero-order chi connectivity index (χ0) is 18.4. The minimum Gasteiger partial charge on any atom is -0.444 e. The molecule has 0 bridgehead atoms. The number of nitrogens with zero attached hydrogens (tertiary/aromatic N) is 3. The van der Waals surface area contributed by atoms with E-state index >= 15 is 0 Å². The summed E-state index contributed by atoms with van der Waals surface area (Å²) in [6, 6.07) is 2.92. The van der Waals surface area contributed by atoms with Gasteiger partial charge in [0.05, 0.1) is 18.3 Å². The number of halogens is 2. The molecule has 7 nitrogen and oxygen atoms in total. The summed E-state index contributed by atoms with van der Waals surface area (Å²) in [4.78, 5) is 22.1. The minimum absolute atomic E-state index is 0. The molecular formula is C17H27FIN5O2. The van der Waals surface area contributed by atoms with E-state index in [0.717, 1.165) is 13.0 Å². The molecule has 1 fully saturated rings. The zero-order valence-corrected chi connectivity index (χ0v) is 17.9. The fourth-order valence-electron chi connectivity index (χ4n) is 2.59. The number of nitrogens with one attached hydrogen (secondary N) is 2. The molecule has 0 saturated carbocycles. The number of hydrogen-bond acceptors (Lipinski definition) is 4. The molecule has 26 heavy (non-hydrogen) atoms. The van der Waals surface area contributed by atoms with Gasteiger partial charge in [0.1, 0.15) is 11.4 Å². The van der Waals surface area contributed by atoms with Crippen LogP contribution in [0.4, 0.5) is 9.18 Å². The normalized spacial score (nSPS) is 17.5. The lowest BCUT2D eigenvalue weighted by atomic mass is 10.2. The molecule has 0 radical (unpaired) electrons. The molecule has 0 unspecified atom stereocenters. The molecule has 2 rings (SSSR count). The minimum atomic E-state index is -0.521. The molecule has 0 aromatic carbocycles. The van der Waals surface area contributed by atoms with Crippen LogP contribution in [0.5, 0.6) is 0 Å². The number of pyridine rings is 1. The predicted molar refractivity (Wildman–Crippen MR) is 109 cm³/mol. The van der Waals surface area contributed by atoms with Gasteiger partial charge in [-0.3, -0.25) is 9.98 Å². The van der Waals surface area contributed by atoms with Crippen molar-refractivity contribution in [3.05, 3.63) is 29.8 Å². The van der Waals surface area contributed by atoms with E-state index in [0.29, 0.717) is 18.2 Å². The van der Waals surface area contributed by atoms with Crippen molar-refractivity contribution in [2.75, 3.05) is 20.1 Å². The van der Waals surface area contributed by atoms with Crippen LogP contribution >= 0.6 is 24.0 Å². The summed E-state index contributed by atoms with van der Waals surface area (Å²) in [6.07, 6.45) is 1.93. The van der Waals surface area contributed by atoms with Crippen LogP contribution in [0.3, 0.4) is 0 Å². The van der Waals surface area contributed by atoms with Crippen molar-refractivity contribution in [3.63, 3.8) is 0 Å².